The lowest BCUT2D eigenvalue weighted by molar-refractivity contribution is -0.0173. The van der Waals surface area contributed by atoms with E-state index in [1.165, 1.54) is 15.6 Å². The molecule has 1 saturated heterocycles. The summed E-state index contributed by atoms with van der Waals surface area (Å²) in [4.78, 5) is 0. The zero-order valence-corrected chi connectivity index (χ0v) is 20.4. The van der Waals surface area contributed by atoms with Crippen LogP contribution in [-0.4, -0.2) is 58.7 Å². The average Bonchev–Trinajstić information content (AvgIpc) is 3.21. The number of hydrogen-bond donors (Lipinski definition) is 1. The molecule has 0 aromatic carbocycles. The van der Waals surface area contributed by atoms with Crippen molar-refractivity contribution in [1.29, 1.82) is 0 Å². The summed E-state index contributed by atoms with van der Waals surface area (Å²) < 4.78 is 60.9. The molecule has 2 heterocycles. The molecule has 1 aromatic rings. The van der Waals surface area contributed by atoms with Gasteiger partial charge in [-0.1, -0.05) is 19.9 Å². The van der Waals surface area contributed by atoms with Gasteiger partial charge in [-0.05, 0) is 61.8 Å². The summed E-state index contributed by atoms with van der Waals surface area (Å²) in [7, 11) is -7.16. The van der Waals surface area contributed by atoms with Gasteiger partial charge in [0, 0.05) is 12.6 Å². The first-order valence-electron chi connectivity index (χ1n) is 10.7. The van der Waals surface area contributed by atoms with Crippen LogP contribution < -0.4 is 4.72 Å². The van der Waals surface area contributed by atoms with Crippen molar-refractivity contribution in [1.82, 2.24) is 9.03 Å². The number of nitrogens with zero attached hydrogens (tertiary/aromatic N) is 1. The highest BCUT2D eigenvalue weighted by atomic mass is 32.2. The van der Waals surface area contributed by atoms with Crippen LogP contribution in [0.2, 0.25) is 0 Å². The zero-order chi connectivity index (χ0) is 21.9. The third-order valence-electron chi connectivity index (χ3n) is 6.32. The van der Waals surface area contributed by atoms with E-state index in [4.69, 9.17) is 4.74 Å². The third kappa shape index (κ3) is 6.04. The molecule has 1 N–H and O–H groups in total. The lowest BCUT2D eigenvalue weighted by Gasteiger charge is -2.41. The summed E-state index contributed by atoms with van der Waals surface area (Å²) in [6.45, 7) is 5.08. The minimum atomic E-state index is -3.69. The van der Waals surface area contributed by atoms with Crippen LogP contribution in [0.15, 0.2) is 21.7 Å². The Morgan fingerprint density at radius 2 is 1.87 bits per heavy atom. The molecule has 2 fully saturated rings. The second-order valence-electron chi connectivity index (χ2n) is 8.87. The molecule has 30 heavy (non-hydrogen) atoms. The quantitative estimate of drug-likeness (QED) is 0.620. The van der Waals surface area contributed by atoms with Gasteiger partial charge in [-0.3, -0.25) is 0 Å². The molecule has 10 heteroatoms. The third-order valence-corrected chi connectivity index (χ3v) is 10.3. The van der Waals surface area contributed by atoms with Crippen molar-refractivity contribution in [3.63, 3.8) is 0 Å². The SMILES string of the molecule is CC(C)[C@H]1CC[C@@H](OC[C@H]2[C@@H](NS(C)(=O)=O)CCCN2S(=O)(=O)c2cccs2)CC1. The number of thiophene rings is 1. The number of hydrogen-bond acceptors (Lipinski definition) is 6. The highest BCUT2D eigenvalue weighted by Crippen LogP contribution is 2.33. The van der Waals surface area contributed by atoms with E-state index in [9.17, 15) is 16.8 Å². The smallest absolute Gasteiger partial charge is 0.252 e. The second-order valence-corrected chi connectivity index (χ2v) is 13.7. The molecule has 0 amide bonds. The van der Waals surface area contributed by atoms with Crippen molar-refractivity contribution in [2.75, 3.05) is 19.4 Å². The number of piperidine rings is 1. The zero-order valence-electron chi connectivity index (χ0n) is 18.0. The minimum absolute atomic E-state index is 0.104. The maximum Gasteiger partial charge on any atom is 0.252 e. The van der Waals surface area contributed by atoms with Gasteiger partial charge >= 0.3 is 0 Å². The lowest BCUT2D eigenvalue weighted by atomic mass is 9.80. The molecule has 0 radical (unpaired) electrons. The number of rotatable bonds is 8. The summed E-state index contributed by atoms with van der Waals surface area (Å²) >= 11 is 1.18. The van der Waals surface area contributed by atoms with Gasteiger partial charge in [0.1, 0.15) is 4.21 Å². The van der Waals surface area contributed by atoms with Gasteiger partial charge in [0.05, 0.1) is 25.0 Å². The van der Waals surface area contributed by atoms with Gasteiger partial charge < -0.3 is 4.74 Å². The normalized spacial score (nSPS) is 29.3. The first-order valence-corrected chi connectivity index (χ1v) is 14.9. The second kappa shape index (κ2) is 9.95. The monoisotopic (exact) mass is 478 g/mol. The van der Waals surface area contributed by atoms with Gasteiger partial charge in [-0.2, -0.15) is 4.31 Å². The highest BCUT2D eigenvalue weighted by molar-refractivity contribution is 7.91. The Morgan fingerprint density at radius 1 is 1.17 bits per heavy atom. The van der Waals surface area contributed by atoms with E-state index >= 15 is 0 Å². The molecule has 0 unspecified atom stereocenters. The molecule has 172 valence electrons. The Bertz CT molecular complexity index is 876. The van der Waals surface area contributed by atoms with Gasteiger partial charge in [0.25, 0.3) is 10.0 Å². The standard InChI is InChI=1S/C20H34N2O5S3/c1-15(2)16-8-10-17(11-9-16)27-14-19-18(21-29(3,23)24)6-4-12-22(19)30(25,26)20-7-5-13-28-20/h5,7,13,15-19,21H,4,6,8-12,14H2,1-3H3/t16-,17+,18-,19-/m0/s1. The predicted molar refractivity (Wildman–Crippen MR) is 120 cm³/mol. The van der Waals surface area contributed by atoms with Crippen molar-refractivity contribution in [3.05, 3.63) is 17.5 Å². The molecule has 1 aromatic heterocycles. The van der Waals surface area contributed by atoms with E-state index in [2.05, 4.69) is 18.6 Å². The summed E-state index contributed by atoms with van der Waals surface area (Å²) in [6.07, 6.45) is 6.60. The Balaban J connectivity index is 1.75. The molecule has 2 atom stereocenters. The van der Waals surface area contributed by atoms with E-state index in [0.717, 1.165) is 37.9 Å². The van der Waals surface area contributed by atoms with E-state index in [1.54, 1.807) is 17.5 Å². The molecule has 2 aliphatic rings. The summed E-state index contributed by atoms with van der Waals surface area (Å²) in [5, 5.41) is 1.74. The van der Waals surface area contributed by atoms with E-state index in [1.807, 2.05) is 0 Å². The van der Waals surface area contributed by atoms with Crippen molar-refractivity contribution >= 4 is 31.4 Å². The minimum Gasteiger partial charge on any atom is -0.376 e. The lowest BCUT2D eigenvalue weighted by Crippen LogP contribution is -2.58. The van der Waals surface area contributed by atoms with Gasteiger partial charge in [0.2, 0.25) is 10.0 Å². The number of nitrogens with one attached hydrogen (secondary N) is 1. The first-order chi connectivity index (χ1) is 14.1. The molecule has 0 bridgehead atoms. The van der Waals surface area contributed by atoms with Crippen LogP contribution in [0.25, 0.3) is 0 Å². The van der Waals surface area contributed by atoms with Crippen LogP contribution >= 0.6 is 11.3 Å². The van der Waals surface area contributed by atoms with Gasteiger partial charge in [-0.25, -0.2) is 21.6 Å². The van der Waals surface area contributed by atoms with Crippen molar-refractivity contribution in [2.24, 2.45) is 11.8 Å². The number of sulfonamides is 2. The van der Waals surface area contributed by atoms with Crippen molar-refractivity contribution in [2.45, 2.75) is 74.8 Å². The molecule has 1 aliphatic heterocycles. The highest BCUT2D eigenvalue weighted by Gasteiger charge is 2.41. The molecule has 1 saturated carbocycles. The largest absolute Gasteiger partial charge is 0.376 e. The average molecular weight is 479 g/mol. The molecule has 1 aliphatic carbocycles. The Morgan fingerprint density at radius 3 is 2.43 bits per heavy atom. The summed E-state index contributed by atoms with van der Waals surface area (Å²) in [5.41, 5.74) is 0. The maximum absolute atomic E-state index is 13.2. The fourth-order valence-electron chi connectivity index (χ4n) is 4.62. The summed E-state index contributed by atoms with van der Waals surface area (Å²) in [5.74, 6) is 1.38. The molecular formula is C20H34N2O5S3. The van der Waals surface area contributed by atoms with Crippen molar-refractivity contribution < 1.29 is 21.6 Å². The van der Waals surface area contributed by atoms with Crippen LogP contribution in [-0.2, 0) is 24.8 Å². The van der Waals surface area contributed by atoms with Crippen LogP contribution in [0, 0.1) is 11.8 Å². The van der Waals surface area contributed by atoms with E-state index in [0.29, 0.717) is 25.3 Å². The van der Waals surface area contributed by atoms with E-state index in [-0.39, 0.29) is 16.9 Å². The Labute approximate surface area is 185 Å². The van der Waals surface area contributed by atoms with Gasteiger partial charge in [-0.15, -0.1) is 11.3 Å². The maximum atomic E-state index is 13.2. The van der Waals surface area contributed by atoms with Crippen molar-refractivity contribution in [3.8, 4) is 0 Å². The van der Waals surface area contributed by atoms with Crippen LogP contribution in [0.1, 0.15) is 52.4 Å². The molecular weight excluding hydrogens is 444 g/mol. The summed E-state index contributed by atoms with van der Waals surface area (Å²) in [6, 6.07) is 2.27. The first kappa shape index (κ1) is 24.1. The number of ether oxygens (including phenoxy) is 1. The molecule has 0 spiro atoms. The topological polar surface area (TPSA) is 92.8 Å². The van der Waals surface area contributed by atoms with Crippen LogP contribution in [0.3, 0.4) is 0 Å². The molecule has 3 rings (SSSR count). The fourth-order valence-corrected chi connectivity index (χ4v) is 8.25. The van der Waals surface area contributed by atoms with Crippen LogP contribution in [0.5, 0.6) is 0 Å². The Kier molecular flexibility index (Phi) is 8.01. The Hall–Kier alpha value is -0.520. The fraction of sp³-hybridized carbons (Fsp3) is 0.800. The van der Waals surface area contributed by atoms with Crippen LogP contribution in [0.4, 0.5) is 0 Å². The van der Waals surface area contributed by atoms with Gasteiger partial charge in [0.15, 0.2) is 0 Å². The predicted octanol–water partition coefficient (Wildman–Crippen LogP) is 3.05. The molecule has 7 nitrogen and oxygen atoms in total. The van der Waals surface area contributed by atoms with E-state index < -0.39 is 32.1 Å².